The number of carbonyl (C=O) groups excluding carboxylic acids is 1. The van der Waals surface area contributed by atoms with Crippen molar-refractivity contribution in [3.8, 4) is 0 Å². The van der Waals surface area contributed by atoms with E-state index in [1.165, 1.54) is 0 Å². The molecule has 0 saturated heterocycles. The SMILES string of the molecule is CC(C)(C)CC(C)(C)NC(=O)C1Cc2nc[nH]c2CN1. The predicted octanol–water partition coefficient (Wildman–Crippen LogP) is 1.75. The van der Waals surface area contributed by atoms with Crippen LogP contribution in [0.25, 0.3) is 0 Å². The van der Waals surface area contributed by atoms with E-state index in [0.717, 1.165) is 17.8 Å². The number of rotatable bonds is 3. The molecule has 1 amide bonds. The molecule has 1 unspecified atom stereocenters. The first-order valence-corrected chi connectivity index (χ1v) is 7.23. The molecule has 5 nitrogen and oxygen atoms in total. The lowest BCUT2D eigenvalue weighted by atomic mass is 9.81. The summed E-state index contributed by atoms with van der Waals surface area (Å²) in [6.45, 7) is 11.4. The summed E-state index contributed by atoms with van der Waals surface area (Å²) in [7, 11) is 0. The number of H-pyrrole nitrogens is 1. The highest BCUT2D eigenvalue weighted by Crippen LogP contribution is 2.27. The Balaban J connectivity index is 1.96. The number of nitrogens with one attached hydrogen (secondary N) is 3. The van der Waals surface area contributed by atoms with Gasteiger partial charge in [-0.3, -0.25) is 10.1 Å². The summed E-state index contributed by atoms with van der Waals surface area (Å²) in [5.74, 6) is 0.0629. The van der Waals surface area contributed by atoms with Crippen LogP contribution in [0, 0.1) is 5.41 Å². The quantitative estimate of drug-likeness (QED) is 0.789. The second-order valence-electron chi connectivity index (χ2n) is 7.58. The van der Waals surface area contributed by atoms with Crippen LogP contribution in [0.1, 0.15) is 52.4 Å². The number of nitrogens with zero attached hydrogens (tertiary/aromatic N) is 1. The molecule has 0 aromatic carbocycles. The van der Waals surface area contributed by atoms with Crippen molar-refractivity contribution in [3.63, 3.8) is 0 Å². The summed E-state index contributed by atoms with van der Waals surface area (Å²) in [6, 6.07) is -0.190. The average Bonchev–Trinajstić information content (AvgIpc) is 2.71. The van der Waals surface area contributed by atoms with Gasteiger partial charge in [0.15, 0.2) is 0 Å². The first-order valence-electron chi connectivity index (χ1n) is 7.23. The molecule has 112 valence electrons. The lowest BCUT2D eigenvalue weighted by Crippen LogP contribution is -2.54. The molecule has 5 heteroatoms. The van der Waals surface area contributed by atoms with E-state index in [2.05, 4.69) is 55.2 Å². The van der Waals surface area contributed by atoms with Gasteiger partial charge in [0.25, 0.3) is 0 Å². The molecule has 1 aliphatic heterocycles. The highest BCUT2D eigenvalue weighted by atomic mass is 16.2. The molecule has 0 aliphatic carbocycles. The molecule has 0 fully saturated rings. The fourth-order valence-corrected chi connectivity index (χ4v) is 3.15. The molecule has 1 aliphatic rings. The van der Waals surface area contributed by atoms with Crippen molar-refractivity contribution < 1.29 is 4.79 Å². The van der Waals surface area contributed by atoms with Gasteiger partial charge < -0.3 is 10.3 Å². The standard InChI is InChI=1S/C15H26N4O/c1-14(2,3)8-15(4,5)19-13(20)11-6-10-12(7-16-11)18-9-17-10/h9,11,16H,6-8H2,1-5H3,(H,17,18)(H,19,20). The third-order valence-corrected chi connectivity index (χ3v) is 3.48. The summed E-state index contributed by atoms with van der Waals surface area (Å²) in [5, 5.41) is 6.43. The molecule has 1 atom stereocenters. The maximum Gasteiger partial charge on any atom is 0.237 e. The van der Waals surface area contributed by atoms with Crippen LogP contribution in [0.15, 0.2) is 6.33 Å². The van der Waals surface area contributed by atoms with Gasteiger partial charge >= 0.3 is 0 Å². The number of hydrogen-bond acceptors (Lipinski definition) is 3. The molecular formula is C15H26N4O. The zero-order chi connectivity index (χ0) is 15.0. The number of fused-ring (bicyclic) bond motifs is 1. The van der Waals surface area contributed by atoms with Gasteiger partial charge in [0.05, 0.1) is 23.8 Å². The van der Waals surface area contributed by atoms with Gasteiger partial charge in [-0.1, -0.05) is 20.8 Å². The minimum Gasteiger partial charge on any atom is -0.350 e. The summed E-state index contributed by atoms with van der Waals surface area (Å²) in [4.78, 5) is 19.8. The van der Waals surface area contributed by atoms with Crippen molar-refractivity contribution in [2.75, 3.05) is 0 Å². The first-order chi connectivity index (χ1) is 9.16. The summed E-state index contributed by atoms with van der Waals surface area (Å²) in [6.07, 6.45) is 3.28. The third-order valence-electron chi connectivity index (χ3n) is 3.48. The van der Waals surface area contributed by atoms with Gasteiger partial charge in [-0.05, 0) is 25.7 Å². The van der Waals surface area contributed by atoms with Crippen molar-refractivity contribution in [3.05, 3.63) is 17.7 Å². The van der Waals surface area contributed by atoms with Gasteiger partial charge in [0.2, 0.25) is 5.91 Å². The minimum absolute atomic E-state index is 0.0629. The summed E-state index contributed by atoms with van der Waals surface area (Å²) >= 11 is 0. The molecular weight excluding hydrogens is 252 g/mol. The van der Waals surface area contributed by atoms with Crippen LogP contribution < -0.4 is 10.6 Å². The molecule has 1 aromatic heterocycles. The Labute approximate surface area is 120 Å². The number of carbonyl (C=O) groups is 1. The Morgan fingerprint density at radius 1 is 1.40 bits per heavy atom. The van der Waals surface area contributed by atoms with Crippen LogP contribution in [0.2, 0.25) is 0 Å². The van der Waals surface area contributed by atoms with Gasteiger partial charge in [0, 0.05) is 18.5 Å². The molecule has 2 heterocycles. The van der Waals surface area contributed by atoms with E-state index in [4.69, 9.17) is 0 Å². The van der Waals surface area contributed by atoms with E-state index in [9.17, 15) is 4.79 Å². The van der Waals surface area contributed by atoms with Crippen molar-refractivity contribution in [2.45, 2.75) is 65.6 Å². The Kier molecular flexibility index (Phi) is 3.91. The van der Waals surface area contributed by atoms with Crippen molar-refractivity contribution in [1.29, 1.82) is 0 Å². The number of imidazole rings is 1. The largest absolute Gasteiger partial charge is 0.350 e. The van der Waals surface area contributed by atoms with Crippen LogP contribution in [0.5, 0.6) is 0 Å². The maximum absolute atomic E-state index is 12.4. The molecule has 1 aromatic rings. The molecule has 20 heavy (non-hydrogen) atoms. The normalized spacial score (nSPS) is 19.6. The fourth-order valence-electron chi connectivity index (χ4n) is 3.15. The maximum atomic E-state index is 12.4. The highest BCUT2D eigenvalue weighted by molar-refractivity contribution is 5.83. The molecule has 2 rings (SSSR count). The van der Waals surface area contributed by atoms with Crippen LogP contribution in [0.3, 0.4) is 0 Å². The van der Waals surface area contributed by atoms with E-state index in [-0.39, 0.29) is 22.9 Å². The third kappa shape index (κ3) is 3.82. The highest BCUT2D eigenvalue weighted by Gasteiger charge is 2.31. The van der Waals surface area contributed by atoms with Crippen molar-refractivity contribution in [1.82, 2.24) is 20.6 Å². The number of amides is 1. The average molecular weight is 278 g/mol. The van der Waals surface area contributed by atoms with Gasteiger partial charge in [-0.2, -0.15) is 0 Å². The Morgan fingerprint density at radius 3 is 2.75 bits per heavy atom. The van der Waals surface area contributed by atoms with E-state index in [0.29, 0.717) is 13.0 Å². The van der Waals surface area contributed by atoms with Crippen molar-refractivity contribution in [2.24, 2.45) is 5.41 Å². The Morgan fingerprint density at radius 2 is 2.10 bits per heavy atom. The second-order valence-corrected chi connectivity index (χ2v) is 7.58. The molecule has 3 N–H and O–H groups in total. The lowest BCUT2D eigenvalue weighted by molar-refractivity contribution is -0.125. The number of hydrogen-bond donors (Lipinski definition) is 3. The fraction of sp³-hybridized carbons (Fsp3) is 0.733. The first kappa shape index (κ1) is 15.0. The van der Waals surface area contributed by atoms with Crippen LogP contribution >= 0.6 is 0 Å². The van der Waals surface area contributed by atoms with Crippen molar-refractivity contribution >= 4 is 5.91 Å². The van der Waals surface area contributed by atoms with Gasteiger partial charge in [-0.15, -0.1) is 0 Å². The molecule has 0 saturated carbocycles. The van der Waals surface area contributed by atoms with Crippen LogP contribution in [0.4, 0.5) is 0 Å². The number of aromatic nitrogens is 2. The monoisotopic (exact) mass is 278 g/mol. The Bertz CT molecular complexity index is 484. The summed E-state index contributed by atoms with van der Waals surface area (Å²) < 4.78 is 0. The zero-order valence-electron chi connectivity index (χ0n) is 13.1. The lowest BCUT2D eigenvalue weighted by Gasteiger charge is -2.35. The van der Waals surface area contributed by atoms with E-state index < -0.39 is 0 Å². The van der Waals surface area contributed by atoms with Crippen LogP contribution in [-0.2, 0) is 17.8 Å². The molecule has 0 radical (unpaired) electrons. The van der Waals surface area contributed by atoms with E-state index >= 15 is 0 Å². The zero-order valence-corrected chi connectivity index (χ0v) is 13.1. The minimum atomic E-state index is -0.205. The predicted molar refractivity (Wildman–Crippen MR) is 79.2 cm³/mol. The Hall–Kier alpha value is -1.36. The van der Waals surface area contributed by atoms with E-state index in [1.807, 2.05) is 0 Å². The molecule has 0 spiro atoms. The second kappa shape index (κ2) is 5.20. The molecule has 0 bridgehead atoms. The van der Waals surface area contributed by atoms with Crippen LogP contribution in [-0.4, -0.2) is 27.5 Å². The van der Waals surface area contributed by atoms with Gasteiger partial charge in [0.1, 0.15) is 0 Å². The smallest absolute Gasteiger partial charge is 0.237 e. The topological polar surface area (TPSA) is 69.8 Å². The summed E-state index contributed by atoms with van der Waals surface area (Å²) in [5.41, 5.74) is 2.06. The number of aromatic amines is 1. The van der Waals surface area contributed by atoms with Gasteiger partial charge in [-0.25, -0.2) is 4.98 Å². The van der Waals surface area contributed by atoms with E-state index in [1.54, 1.807) is 6.33 Å².